The Morgan fingerprint density at radius 2 is 1.50 bits per heavy atom. The van der Waals surface area contributed by atoms with Crippen LogP contribution in [0.5, 0.6) is 0 Å². The van der Waals surface area contributed by atoms with E-state index in [0.717, 1.165) is 15.3 Å². The number of nitrogens with zero attached hydrogens (tertiary/aromatic N) is 5. The number of aromatic nitrogens is 3. The van der Waals surface area contributed by atoms with Crippen molar-refractivity contribution in [2.75, 3.05) is 27.2 Å². The summed E-state index contributed by atoms with van der Waals surface area (Å²) < 4.78 is 54.8. The van der Waals surface area contributed by atoms with Gasteiger partial charge in [-0.05, 0) is 49.2 Å². The van der Waals surface area contributed by atoms with Crippen molar-refractivity contribution in [1.29, 1.82) is 0 Å². The number of fused-ring (bicyclic) bond motifs is 1. The van der Waals surface area contributed by atoms with Gasteiger partial charge < -0.3 is 0 Å². The molecule has 1 aliphatic rings. The Labute approximate surface area is 176 Å². The normalized spacial score (nSPS) is 17.0. The van der Waals surface area contributed by atoms with Crippen LogP contribution in [0, 0.1) is 0 Å². The topological polar surface area (TPSA) is 105 Å². The molecule has 0 radical (unpaired) electrons. The van der Waals surface area contributed by atoms with Crippen molar-refractivity contribution in [3.05, 3.63) is 48.5 Å². The first-order valence-corrected chi connectivity index (χ1v) is 12.4. The van der Waals surface area contributed by atoms with E-state index in [1.807, 2.05) is 28.9 Å². The molecular formula is C19H23N5O4S2. The lowest BCUT2D eigenvalue weighted by Gasteiger charge is -2.31. The van der Waals surface area contributed by atoms with Gasteiger partial charge in [-0.2, -0.15) is 4.31 Å². The van der Waals surface area contributed by atoms with Crippen molar-refractivity contribution in [2.45, 2.75) is 28.7 Å². The molecule has 0 amide bonds. The lowest BCUT2D eigenvalue weighted by Crippen LogP contribution is -2.39. The molecule has 2 heterocycles. The first-order chi connectivity index (χ1) is 14.2. The third-order valence-electron chi connectivity index (χ3n) is 5.39. The van der Waals surface area contributed by atoms with Gasteiger partial charge in [0.25, 0.3) is 0 Å². The van der Waals surface area contributed by atoms with E-state index in [4.69, 9.17) is 0 Å². The molecule has 160 valence electrons. The Morgan fingerprint density at radius 3 is 2.13 bits per heavy atom. The maximum Gasteiger partial charge on any atom is 0.243 e. The monoisotopic (exact) mass is 449 g/mol. The molecule has 0 N–H and O–H groups in total. The zero-order chi connectivity index (χ0) is 21.5. The molecule has 30 heavy (non-hydrogen) atoms. The fourth-order valence-electron chi connectivity index (χ4n) is 3.63. The molecule has 2 aromatic carbocycles. The van der Waals surface area contributed by atoms with Crippen molar-refractivity contribution in [1.82, 2.24) is 23.6 Å². The summed E-state index contributed by atoms with van der Waals surface area (Å²) in [6, 6.07) is 13.1. The molecule has 1 aliphatic heterocycles. The maximum atomic E-state index is 13.0. The first kappa shape index (κ1) is 20.9. The molecule has 0 spiro atoms. The Balaban J connectivity index is 1.50. The van der Waals surface area contributed by atoms with Gasteiger partial charge in [-0.25, -0.2) is 25.8 Å². The molecule has 1 fully saturated rings. The summed E-state index contributed by atoms with van der Waals surface area (Å²) in [7, 11) is -4.44. The maximum absolute atomic E-state index is 13.0. The number of para-hydroxylation sites is 1. The predicted octanol–water partition coefficient (Wildman–Crippen LogP) is 1.71. The lowest BCUT2D eigenvalue weighted by molar-refractivity contribution is 0.263. The van der Waals surface area contributed by atoms with E-state index in [9.17, 15) is 16.8 Å². The van der Waals surface area contributed by atoms with Crippen LogP contribution in [0.15, 0.2) is 58.3 Å². The summed E-state index contributed by atoms with van der Waals surface area (Å²) in [5, 5.41) is 8.43. The quantitative estimate of drug-likeness (QED) is 0.587. The number of piperidine rings is 1. The van der Waals surface area contributed by atoms with Crippen LogP contribution < -0.4 is 0 Å². The van der Waals surface area contributed by atoms with E-state index in [1.54, 1.807) is 0 Å². The van der Waals surface area contributed by atoms with Crippen LogP contribution in [0.3, 0.4) is 0 Å². The summed E-state index contributed by atoms with van der Waals surface area (Å²) in [6.45, 7) is 0.720. The molecule has 0 atom stereocenters. The van der Waals surface area contributed by atoms with E-state index >= 15 is 0 Å². The molecular weight excluding hydrogens is 426 g/mol. The van der Waals surface area contributed by atoms with E-state index in [0.29, 0.717) is 25.9 Å². The minimum Gasteiger partial charge on any atom is -0.242 e. The first-order valence-electron chi connectivity index (χ1n) is 9.54. The minimum atomic E-state index is -3.70. The minimum absolute atomic E-state index is 0.0585. The van der Waals surface area contributed by atoms with Crippen molar-refractivity contribution < 1.29 is 16.8 Å². The summed E-state index contributed by atoms with van der Waals surface area (Å²) in [4.78, 5) is 0.146. The third kappa shape index (κ3) is 3.62. The summed E-state index contributed by atoms with van der Waals surface area (Å²) in [5.74, 6) is 0. The lowest BCUT2D eigenvalue weighted by atomic mass is 10.1. The predicted molar refractivity (Wildman–Crippen MR) is 112 cm³/mol. The average molecular weight is 450 g/mol. The van der Waals surface area contributed by atoms with Crippen molar-refractivity contribution in [3.63, 3.8) is 0 Å². The molecule has 1 saturated heterocycles. The molecule has 0 bridgehead atoms. The number of benzene rings is 2. The van der Waals surface area contributed by atoms with Crippen molar-refractivity contribution >= 4 is 31.1 Å². The van der Waals surface area contributed by atoms with Gasteiger partial charge in [0.15, 0.2) is 0 Å². The second kappa shape index (κ2) is 7.73. The highest BCUT2D eigenvalue weighted by atomic mass is 32.2. The fraction of sp³-hybridized carbons (Fsp3) is 0.368. The Hall–Kier alpha value is -2.34. The van der Waals surface area contributed by atoms with Gasteiger partial charge in [0.1, 0.15) is 5.52 Å². The summed E-state index contributed by atoms with van der Waals surface area (Å²) in [5.41, 5.74) is 1.76. The molecule has 0 aliphatic carbocycles. The Kier molecular flexibility index (Phi) is 5.39. The van der Waals surface area contributed by atoms with Crippen molar-refractivity contribution in [3.8, 4) is 0 Å². The number of sulfonamides is 2. The number of hydrogen-bond acceptors (Lipinski definition) is 6. The van der Waals surface area contributed by atoms with Gasteiger partial charge in [0.05, 0.1) is 21.3 Å². The second-order valence-electron chi connectivity index (χ2n) is 7.42. The average Bonchev–Trinajstić information content (AvgIpc) is 3.18. The second-order valence-corrected chi connectivity index (χ2v) is 11.5. The molecule has 0 unspecified atom stereocenters. The van der Waals surface area contributed by atoms with Crippen LogP contribution in [0.1, 0.15) is 18.9 Å². The highest BCUT2D eigenvalue weighted by Gasteiger charge is 2.31. The van der Waals surface area contributed by atoms with Gasteiger partial charge in [0.2, 0.25) is 20.0 Å². The molecule has 9 nitrogen and oxygen atoms in total. The molecule has 1 aromatic heterocycles. The van der Waals surface area contributed by atoms with Crippen LogP contribution in [0.25, 0.3) is 11.0 Å². The highest BCUT2D eigenvalue weighted by Crippen LogP contribution is 2.29. The molecule has 3 aromatic rings. The van der Waals surface area contributed by atoms with Crippen LogP contribution >= 0.6 is 0 Å². The van der Waals surface area contributed by atoms with E-state index in [1.165, 1.54) is 42.7 Å². The zero-order valence-electron chi connectivity index (χ0n) is 16.7. The van der Waals surface area contributed by atoms with Gasteiger partial charge in [-0.1, -0.05) is 17.3 Å². The highest BCUT2D eigenvalue weighted by molar-refractivity contribution is 7.89. The van der Waals surface area contributed by atoms with Gasteiger partial charge >= 0.3 is 0 Å². The Bertz CT molecular complexity index is 1260. The van der Waals surface area contributed by atoms with Crippen LogP contribution in [0.4, 0.5) is 0 Å². The van der Waals surface area contributed by atoms with Crippen LogP contribution in [-0.4, -0.2) is 67.6 Å². The smallest absolute Gasteiger partial charge is 0.242 e. The zero-order valence-corrected chi connectivity index (χ0v) is 18.3. The molecule has 0 saturated carbocycles. The van der Waals surface area contributed by atoms with Crippen molar-refractivity contribution in [2.24, 2.45) is 0 Å². The van der Waals surface area contributed by atoms with E-state index in [-0.39, 0.29) is 15.8 Å². The standard InChI is InChI=1S/C19H23N5O4S2/c1-22(2)29(25,26)16-7-9-17(10-8-16)30(27,28)23-13-11-15(12-14-23)24-19-6-4-3-5-18(19)20-21-24/h3-10,15H,11-14H2,1-2H3. The van der Waals surface area contributed by atoms with Gasteiger partial charge in [-0.3, -0.25) is 0 Å². The Morgan fingerprint density at radius 1 is 0.900 bits per heavy atom. The summed E-state index contributed by atoms with van der Waals surface area (Å²) >= 11 is 0. The molecule has 4 rings (SSSR count). The van der Waals surface area contributed by atoms with E-state index in [2.05, 4.69) is 10.3 Å². The number of hydrogen-bond donors (Lipinski definition) is 0. The third-order valence-corrected chi connectivity index (χ3v) is 9.13. The molecule has 11 heteroatoms. The van der Waals surface area contributed by atoms with Crippen LogP contribution in [0.2, 0.25) is 0 Å². The number of rotatable bonds is 5. The van der Waals surface area contributed by atoms with Crippen LogP contribution in [-0.2, 0) is 20.0 Å². The van der Waals surface area contributed by atoms with E-state index < -0.39 is 20.0 Å². The fourth-order valence-corrected chi connectivity index (χ4v) is 6.00. The van der Waals surface area contributed by atoms with Gasteiger partial charge in [0, 0.05) is 27.2 Å². The SMILES string of the molecule is CN(C)S(=O)(=O)c1ccc(S(=O)(=O)N2CCC(n3nnc4ccccc43)CC2)cc1. The summed E-state index contributed by atoms with van der Waals surface area (Å²) in [6.07, 6.45) is 1.25. The largest absolute Gasteiger partial charge is 0.243 e. The van der Waals surface area contributed by atoms with Gasteiger partial charge in [-0.15, -0.1) is 5.10 Å².